The fourth-order valence-corrected chi connectivity index (χ4v) is 4.12. The number of likely N-dealkylation sites (tertiary alicyclic amines) is 1. The normalized spacial score (nSPS) is 17.9. The summed E-state index contributed by atoms with van der Waals surface area (Å²) in [6.45, 7) is 7.33. The van der Waals surface area contributed by atoms with E-state index in [0.29, 0.717) is 30.2 Å². The summed E-state index contributed by atoms with van der Waals surface area (Å²) in [7, 11) is 0. The maximum absolute atomic E-state index is 14.3. The Morgan fingerprint density at radius 2 is 1.84 bits per heavy atom. The van der Waals surface area contributed by atoms with Gasteiger partial charge in [0.25, 0.3) is 5.91 Å². The number of amides is 1. The number of aromatic nitrogens is 1. The van der Waals surface area contributed by atoms with Gasteiger partial charge in [0.15, 0.2) is 5.69 Å². The first-order valence-corrected chi connectivity index (χ1v) is 11.2. The van der Waals surface area contributed by atoms with Crippen LogP contribution in [-0.2, 0) is 17.8 Å². The molecule has 1 aromatic heterocycles. The van der Waals surface area contributed by atoms with Gasteiger partial charge in [-0.15, -0.1) is 0 Å². The maximum Gasteiger partial charge on any atom is 0.275 e. The Balaban J connectivity index is 1.41. The molecule has 0 aliphatic carbocycles. The molecule has 7 nitrogen and oxygen atoms in total. The smallest absolute Gasteiger partial charge is 0.275 e. The van der Waals surface area contributed by atoms with Crippen LogP contribution in [0.15, 0.2) is 34.9 Å². The lowest BCUT2D eigenvalue weighted by Gasteiger charge is -2.29. The molecule has 8 heteroatoms. The summed E-state index contributed by atoms with van der Waals surface area (Å²) >= 11 is 0. The van der Waals surface area contributed by atoms with Crippen molar-refractivity contribution in [2.45, 2.75) is 32.4 Å². The van der Waals surface area contributed by atoms with E-state index >= 15 is 0 Å². The van der Waals surface area contributed by atoms with Gasteiger partial charge in [-0.25, -0.2) is 9.37 Å². The van der Waals surface area contributed by atoms with E-state index in [1.54, 1.807) is 12.1 Å². The molecule has 1 aromatic carbocycles. The first-order chi connectivity index (χ1) is 15.2. The Kier molecular flexibility index (Phi) is 7.66. The largest absolute Gasteiger partial charge is 0.447 e. The van der Waals surface area contributed by atoms with Crippen LogP contribution in [0.4, 0.5) is 4.39 Å². The molecule has 0 bridgehead atoms. The first kappa shape index (κ1) is 21.9. The Hall–Kier alpha value is -2.29. The van der Waals surface area contributed by atoms with Crippen molar-refractivity contribution in [3.05, 3.63) is 53.5 Å². The highest BCUT2D eigenvalue weighted by atomic mass is 19.1. The van der Waals surface area contributed by atoms with Crippen molar-refractivity contribution in [3.63, 3.8) is 0 Å². The van der Waals surface area contributed by atoms with Crippen LogP contribution in [0.3, 0.4) is 0 Å². The number of carbonyl (C=O) groups is 1. The number of morpholine rings is 1. The van der Waals surface area contributed by atoms with Crippen molar-refractivity contribution in [1.29, 1.82) is 0 Å². The van der Waals surface area contributed by atoms with E-state index in [9.17, 15) is 9.18 Å². The van der Waals surface area contributed by atoms with Gasteiger partial charge in [-0.1, -0.05) is 18.2 Å². The molecule has 2 aliphatic rings. The monoisotopic (exact) mass is 430 g/mol. The van der Waals surface area contributed by atoms with Crippen molar-refractivity contribution in [3.8, 4) is 0 Å². The molecule has 168 valence electrons. The Bertz CT molecular complexity index is 847. The minimum atomic E-state index is -0.216. The van der Waals surface area contributed by atoms with E-state index in [1.807, 2.05) is 11.0 Å². The average molecular weight is 431 g/mol. The van der Waals surface area contributed by atoms with Crippen molar-refractivity contribution >= 4 is 5.91 Å². The second-order valence-electron chi connectivity index (χ2n) is 8.24. The lowest BCUT2D eigenvalue weighted by molar-refractivity contribution is 0.0319. The zero-order valence-corrected chi connectivity index (χ0v) is 18.0. The van der Waals surface area contributed by atoms with E-state index in [1.165, 1.54) is 18.8 Å². The number of piperidine rings is 1. The van der Waals surface area contributed by atoms with Gasteiger partial charge < -0.3 is 14.1 Å². The van der Waals surface area contributed by atoms with Crippen molar-refractivity contribution in [2.24, 2.45) is 0 Å². The number of rotatable bonds is 8. The summed E-state index contributed by atoms with van der Waals surface area (Å²) < 4.78 is 25.3. The van der Waals surface area contributed by atoms with Gasteiger partial charge >= 0.3 is 0 Å². The molecule has 4 rings (SSSR count). The molecule has 2 aliphatic heterocycles. The zero-order valence-electron chi connectivity index (χ0n) is 18.0. The molecule has 0 radical (unpaired) electrons. The summed E-state index contributed by atoms with van der Waals surface area (Å²) in [5, 5.41) is 0. The number of halogens is 1. The molecule has 0 spiro atoms. The van der Waals surface area contributed by atoms with Crippen LogP contribution in [0.2, 0.25) is 0 Å². The highest BCUT2D eigenvalue weighted by molar-refractivity contribution is 5.92. The molecule has 0 saturated carbocycles. The quantitative estimate of drug-likeness (QED) is 0.642. The molecule has 2 fully saturated rings. The molecular formula is C23H31FN4O3. The third-order valence-corrected chi connectivity index (χ3v) is 5.96. The number of carbonyl (C=O) groups excluding carboxylic acids is 1. The minimum absolute atomic E-state index is 0.0660. The molecule has 0 unspecified atom stereocenters. The van der Waals surface area contributed by atoms with Gasteiger partial charge in [-0.3, -0.25) is 14.6 Å². The molecule has 2 aromatic rings. The van der Waals surface area contributed by atoms with E-state index in [4.69, 9.17) is 9.15 Å². The van der Waals surface area contributed by atoms with E-state index < -0.39 is 0 Å². The van der Waals surface area contributed by atoms with Gasteiger partial charge in [-0.05, 0) is 25.3 Å². The third kappa shape index (κ3) is 6.12. The highest BCUT2D eigenvalue weighted by Crippen LogP contribution is 2.16. The molecular weight excluding hydrogens is 399 g/mol. The summed E-state index contributed by atoms with van der Waals surface area (Å²) in [6.07, 6.45) is 4.69. The molecule has 31 heavy (non-hydrogen) atoms. The van der Waals surface area contributed by atoms with Gasteiger partial charge in [0.2, 0.25) is 5.89 Å². The van der Waals surface area contributed by atoms with E-state index in [2.05, 4.69) is 14.8 Å². The fraction of sp³-hybridized carbons (Fsp3) is 0.565. The SMILES string of the molecule is O=C(c1coc(CN(CCN2CCOCC2)Cc2ccccc2F)n1)N1CCCCC1. The Labute approximate surface area is 182 Å². The van der Waals surface area contributed by atoms with Crippen molar-refractivity contribution < 1.29 is 18.3 Å². The van der Waals surface area contributed by atoms with Crippen LogP contribution in [-0.4, -0.2) is 78.1 Å². The Morgan fingerprint density at radius 3 is 2.61 bits per heavy atom. The lowest BCUT2D eigenvalue weighted by Crippen LogP contribution is -2.41. The third-order valence-electron chi connectivity index (χ3n) is 5.96. The van der Waals surface area contributed by atoms with E-state index in [-0.39, 0.29) is 11.7 Å². The van der Waals surface area contributed by atoms with Crippen molar-refractivity contribution in [2.75, 3.05) is 52.5 Å². The van der Waals surface area contributed by atoms with Crippen LogP contribution in [0.5, 0.6) is 0 Å². The second-order valence-corrected chi connectivity index (χ2v) is 8.24. The fourth-order valence-electron chi connectivity index (χ4n) is 4.12. The predicted molar refractivity (Wildman–Crippen MR) is 114 cm³/mol. The van der Waals surface area contributed by atoms with Gasteiger partial charge in [0.1, 0.15) is 12.1 Å². The standard InChI is InChI=1S/C23H31FN4O3/c24-20-7-3-2-6-19(20)16-27(11-10-26-12-14-30-15-13-26)17-22-25-21(18-31-22)23(29)28-8-4-1-5-9-28/h2-3,6-7,18H,1,4-5,8-17H2. The number of benzene rings is 1. The van der Waals surface area contributed by atoms with Gasteiger partial charge in [-0.2, -0.15) is 0 Å². The van der Waals surface area contributed by atoms with E-state index in [0.717, 1.165) is 65.3 Å². The van der Waals surface area contributed by atoms with Crippen LogP contribution >= 0.6 is 0 Å². The first-order valence-electron chi connectivity index (χ1n) is 11.2. The second kappa shape index (κ2) is 10.8. The average Bonchev–Trinajstić information content (AvgIpc) is 3.28. The molecule has 0 N–H and O–H groups in total. The summed E-state index contributed by atoms with van der Waals surface area (Å²) in [6, 6.07) is 6.83. The van der Waals surface area contributed by atoms with Crippen molar-refractivity contribution in [1.82, 2.24) is 19.7 Å². The minimum Gasteiger partial charge on any atom is -0.447 e. The summed E-state index contributed by atoms with van der Waals surface area (Å²) in [5.41, 5.74) is 0.997. The van der Waals surface area contributed by atoms with Crippen LogP contribution < -0.4 is 0 Å². The van der Waals surface area contributed by atoms with Gasteiger partial charge in [0, 0.05) is 51.4 Å². The summed E-state index contributed by atoms with van der Waals surface area (Å²) in [4.78, 5) is 23.5. The zero-order chi connectivity index (χ0) is 21.5. The topological polar surface area (TPSA) is 62.1 Å². The Morgan fingerprint density at radius 1 is 1.06 bits per heavy atom. The maximum atomic E-state index is 14.3. The van der Waals surface area contributed by atoms with Gasteiger partial charge in [0.05, 0.1) is 19.8 Å². The number of hydrogen-bond donors (Lipinski definition) is 0. The van der Waals surface area contributed by atoms with Crippen LogP contribution in [0.25, 0.3) is 0 Å². The molecule has 1 amide bonds. The number of ether oxygens (including phenoxy) is 1. The lowest BCUT2D eigenvalue weighted by atomic mass is 10.1. The number of hydrogen-bond acceptors (Lipinski definition) is 6. The molecule has 2 saturated heterocycles. The number of nitrogens with zero attached hydrogens (tertiary/aromatic N) is 4. The number of oxazole rings is 1. The highest BCUT2D eigenvalue weighted by Gasteiger charge is 2.22. The molecule has 0 atom stereocenters. The predicted octanol–water partition coefficient (Wildman–Crippen LogP) is 2.77. The molecule has 3 heterocycles. The van der Waals surface area contributed by atoms with Crippen LogP contribution in [0, 0.1) is 5.82 Å². The van der Waals surface area contributed by atoms with Crippen LogP contribution in [0.1, 0.15) is 41.2 Å². The summed E-state index contributed by atoms with van der Waals surface area (Å²) in [5.74, 6) is 0.203.